The minimum Gasteiger partial charge on any atom is -0.360 e. The van der Waals surface area contributed by atoms with Crippen molar-refractivity contribution in [3.63, 3.8) is 0 Å². The number of aromatic nitrogens is 2. The highest BCUT2D eigenvalue weighted by Crippen LogP contribution is 2.00. The summed E-state index contributed by atoms with van der Waals surface area (Å²) >= 11 is 6.19. The van der Waals surface area contributed by atoms with Crippen molar-refractivity contribution in [1.82, 2.24) is 9.55 Å². The van der Waals surface area contributed by atoms with E-state index in [9.17, 15) is 0 Å². The molecule has 62 valence electrons. The summed E-state index contributed by atoms with van der Waals surface area (Å²) < 4.78 is 8.13. The minimum absolute atomic E-state index is 0.568. The number of hydrogen-bond donors (Lipinski definition) is 1. The van der Waals surface area contributed by atoms with E-state index in [-0.39, 0.29) is 0 Å². The summed E-state index contributed by atoms with van der Waals surface area (Å²) in [6, 6.07) is 0. The van der Waals surface area contributed by atoms with Crippen molar-refractivity contribution in [3.05, 3.63) is 16.2 Å². The molecule has 0 aliphatic carbocycles. The summed E-state index contributed by atoms with van der Waals surface area (Å²) in [5.41, 5.74) is 0. The molecule has 0 N–H and O–H groups in total. The minimum atomic E-state index is 0.568. The summed E-state index contributed by atoms with van der Waals surface area (Å²) in [6.45, 7) is 1.25. The van der Waals surface area contributed by atoms with Crippen LogP contribution < -0.4 is 0 Å². The zero-order valence-electron chi connectivity index (χ0n) is 5.90. The van der Waals surface area contributed by atoms with Gasteiger partial charge >= 0.3 is 0 Å². The Kier molecular flexibility index (Phi) is 4.24. The molecule has 0 atom stereocenters. The Morgan fingerprint density at radius 3 is 3.09 bits per heavy atom. The molecular weight excluding hydrogens is 275 g/mol. The largest absolute Gasteiger partial charge is 0.360 e. The summed E-state index contributed by atoms with van der Waals surface area (Å²) in [7, 11) is 0. The molecule has 5 heteroatoms. The van der Waals surface area contributed by atoms with Crippen molar-refractivity contribution < 1.29 is 4.74 Å². The maximum absolute atomic E-state index is 5.25. The molecule has 0 unspecified atom stereocenters. The average Bonchev–Trinajstić information content (AvgIpc) is 2.37. The van der Waals surface area contributed by atoms with E-state index in [0.29, 0.717) is 13.3 Å². The molecule has 0 aliphatic heterocycles. The Hall–Kier alpha value is 0.250. The van der Waals surface area contributed by atoms with Crippen molar-refractivity contribution in [3.8, 4) is 0 Å². The van der Waals surface area contributed by atoms with Gasteiger partial charge in [-0.25, -0.2) is 4.98 Å². The van der Waals surface area contributed by atoms with Crippen LogP contribution in [-0.2, 0) is 11.5 Å². The molecule has 1 aromatic heterocycles. The number of ether oxygens (including phenoxy) is 1. The van der Waals surface area contributed by atoms with Crippen LogP contribution in [0.5, 0.6) is 0 Å². The Morgan fingerprint density at radius 2 is 2.55 bits per heavy atom. The second kappa shape index (κ2) is 5.00. The topological polar surface area (TPSA) is 27.1 Å². The van der Waals surface area contributed by atoms with Crippen molar-refractivity contribution in [2.75, 3.05) is 12.4 Å². The lowest BCUT2D eigenvalue weighted by molar-refractivity contribution is 0.0882. The van der Waals surface area contributed by atoms with Crippen LogP contribution in [0.15, 0.2) is 12.4 Å². The maximum atomic E-state index is 5.25. The SMILES string of the molecule is SCCOCn1ccnc1I. The van der Waals surface area contributed by atoms with E-state index in [4.69, 9.17) is 4.74 Å². The third-order valence-corrected chi connectivity index (χ3v) is 2.21. The van der Waals surface area contributed by atoms with Crippen LogP contribution >= 0.6 is 35.2 Å². The van der Waals surface area contributed by atoms with Gasteiger partial charge in [0, 0.05) is 18.1 Å². The molecule has 0 bridgehead atoms. The molecule has 0 saturated carbocycles. The van der Waals surface area contributed by atoms with Crippen LogP contribution in [0.3, 0.4) is 0 Å². The van der Waals surface area contributed by atoms with E-state index in [2.05, 4.69) is 40.2 Å². The van der Waals surface area contributed by atoms with Gasteiger partial charge in [-0.15, -0.1) is 0 Å². The maximum Gasteiger partial charge on any atom is 0.173 e. The molecule has 1 heterocycles. The van der Waals surface area contributed by atoms with E-state index in [1.54, 1.807) is 6.20 Å². The van der Waals surface area contributed by atoms with Gasteiger partial charge in [0.1, 0.15) is 6.73 Å². The third kappa shape index (κ3) is 3.00. The Labute approximate surface area is 84.7 Å². The van der Waals surface area contributed by atoms with Crippen LogP contribution in [0.4, 0.5) is 0 Å². The Bertz CT molecular complexity index is 216. The highest BCUT2D eigenvalue weighted by molar-refractivity contribution is 14.1. The fourth-order valence-corrected chi connectivity index (χ4v) is 1.22. The van der Waals surface area contributed by atoms with Gasteiger partial charge in [-0.3, -0.25) is 0 Å². The van der Waals surface area contributed by atoms with Crippen LogP contribution in [0.2, 0.25) is 0 Å². The predicted molar refractivity (Wildman–Crippen MR) is 54.7 cm³/mol. The molecule has 0 aromatic carbocycles. The highest BCUT2D eigenvalue weighted by Gasteiger charge is 1.95. The third-order valence-electron chi connectivity index (χ3n) is 1.13. The standard InChI is InChI=1S/C6H9IN2OS/c7-6-8-1-2-9(6)5-10-3-4-11/h1-2,11H,3-5H2. The van der Waals surface area contributed by atoms with E-state index in [1.807, 2.05) is 10.8 Å². The van der Waals surface area contributed by atoms with Gasteiger partial charge < -0.3 is 9.30 Å². The van der Waals surface area contributed by atoms with E-state index < -0.39 is 0 Å². The second-order valence-corrected chi connectivity index (χ2v) is 3.34. The number of rotatable bonds is 4. The molecule has 0 fully saturated rings. The summed E-state index contributed by atoms with van der Waals surface area (Å²) in [4.78, 5) is 4.05. The van der Waals surface area contributed by atoms with Crippen molar-refractivity contribution >= 4 is 35.2 Å². The molecule has 0 saturated heterocycles. The highest BCUT2D eigenvalue weighted by atomic mass is 127. The first-order chi connectivity index (χ1) is 5.34. The normalized spacial score (nSPS) is 10.4. The molecular formula is C6H9IN2OS. The first-order valence-corrected chi connectivity index (χ1v) is 4.91. The summed E-state index contributed by atoms with van der Waals surface area (Å²) in [5.74, 6) is 0.755. The van der Waals surface area contributed by atoms with Gasteiger partial charge in [-0.1, -0.05) is 0 Å². The Balaban J connectivity index is 2.32. The molecule has 3 nitrogen and oxygen atoms in total. The molecule has 1 aromatic rings. The quantitative estimate of drug-likeness (QED) is 0.514. The lowest BCUT2D eigenvalue weighted by atomic mass is 10.8. The van der Waals surface area contributed by atoms with Crippen LogP contribution in [-0.4, -0.2) is 21.9 Å². The van der Waals surface area contributed by atoms with Crippen LogP contribution in [0.25, 0.3) is 0 Å². The molecule has 0 spiro atoms. The smallest absolute Gasteiger partial charge is 0.173 e. The van der Waals surface area contributed by atoms with Crippen LogP contribution in [0.1, 0.15) is 0 Å². The number of imidazole rings is 1. The summed E-state index contributed by atoms with van der Waals surface area (Å²) in [6.07, 6.45) is 3.64. The van der Waals surface area contributed by atoms with Gasteiger partial charge in [-0.2, -0.15) is 12.6 Å². The fraction of sp³-hybridized carbons (Fsp3) is 0.500. The van der Waals surface area contributed by atoms with Gasteiger partial charge in [0.05, 0.1) is 6.61 Å². The number of hydrogen-bond acceptors (Lipinski definition) is 3. The predicted octanol–water partition coefficient (Wildman–Crippen LogP) is 1.39. The second-order valence-electron chi connectivity index (χ2n) is 1.93. The molecule has 1 rings (SSSR count). The molecule has 0 amide bonds. The fourth-order valence-electron chi connectivity index (χ4n) is 0.635. The van der Waals surface area contributed by atoms with Crippen molar-refractivity contribution in [2.45, 2.75) is 6.73 Å². The zero-order chi connectivity index (χ0) is 8.10. The lowest BCUT2D eigenvalue weighted by Gasteiger charge is -2.03. The van der Waals surface area contributed by atoms with Gasteiger partial charge in [0.15, 0.2) is 3.83 Å². The summed E-state index contributed by atoms with van der Waals surface area (Å²) in [5, 5.41) is 0. The van der Waals surface area contributed by atoms with E-state index in [0.717, 1.165) is 9.58 Å². The number of nitrogens with zero attached hydrogens (tertiary/aromatic N) is 2. The molecule has 0 aliphatic rings. The van der Waals surface area contributed by atoms with E-state index >= 15 is 0 Å². The van der Waals surface area contributed by atoms with Crippen molar-refractivity contribution in [1.29, 1.82) is 0 Å². The van der Waals surface area contributed by atoms with Gasteiger partial charge in [0.25, 0.3) is 0 Å². The Morgan fingerprint density at radius 1 is 1.73 bits per heavy atom. The van der Waals surface area contributed by atoms with E-state index in [1.165, 1.54) is 0 Å². The average molecular weight is 284 g/mol. The van der Waals surface area contributed by atoms with Gasteiger partial charge in [-0.05, 0) is 22.6 Å². The lowest BCUT2D eigenvalue weighted by Crippen LogP contribution is -2.04. The monoisotopic (exact) mass is 284 g/mol. The van der Waals surface area contributed by atoms with Crippen molar-refractivity contribution in [2.24, 2.45) is 0 Å². The molecule has 11 heavy (non-hydrogen) atoms. The molecule has 0 radical (unpaired) electrons. The first kappa shape index (κ1) is 9.34. The van der Waals surface area contributed by atoms with Gasteiger partial charge in [0.2, 0.25) is 0 Å². The number of thiol groups is 1. The van der Waals surface area contributed by atoms with Crippen LogP contribution in [0, 0.1) is 3.83 Å². The zero-order valence-corrected chi connectivity index (χ0v) is 8.96. The first-order valence-electron chi connectivity index (χ1n) is 3.20. The number of halogens is 1.